The van der Waals surface area contributed by atoms with E-state index in [2.05, 4.69) is 13.8 Å². The maximum Gasteiger partial charge on any atom is 0.155 e. The molecule has 6 heteroatoms. The Labute approximate surface area is 122 Å². The lowest BCUT2D eigenvalue weighted by molar-refractivity contribution is 0.493. The number of hydrogen-bond donors (Lipinski definition) is 2. The second-order valence-corrected chi connectivity index (χ2v) is 7.45. The molecule has 2 N–H and O–H groups in total. The number of hydrogen-bond acceptors (Lipinski definition) is 2. The molecule has 116 valence electrons. The molecule has 4 nitrogen and oxygen atoms in total. The predicted octanol–water partition coefficient (Wildman–Crippen LogP) is 3.72. The van der Waals surface area contributed by atoms with Gasteiger partial charge in [-0.1, -0.05) is 46.0 Å². The van der Waals surface area contributed by atoms with Gasteiger partial charge in [-0.15, -0.1) is 0 Å². The van der Waals surface area contributed by atoms with Crippen LogP contribution >= 0.6 is 0 Å². The summed E-state index contributed by atoms with van der Waals surface area (Å²) in [5.74, 6) is 0. The van der Waals surface area contributed by atoms with Crippen molar-refractivity contribution in [1.82, 2.24) is 0 Å². The van der Waals surface area contributed by atoms with Crippen molar-refractivity contribution in [3.8, 4) is 0 Å². The van der Waals surface area contributed by atoms with Gasteiger partial charge in [-0.05, 0) is 25.7 Å². The Bertz CT molecular complexity index is 245. The highest BCUT2D eigenvalue weighted by Crippen LogP contribution is 2.18. The fourth-order valence-corrected chi connectivity index (χ4v) is 3.60. The van der Waals surface area contributed by atoms with Crippen molar-refractivity contribution in [3.05, 3.63) is 0 Å². The fraction of sp³-hybridized carbons (Fsp3) is 1.00. The third kappa shape index (κ3) is 9.71. The van der Waals surface area contributed by atoms with Gasteiger partial charge in [-0.2, -0.15) is 0 Å². The number of unbranched alkanes of at least 4 members (excludes halogenated alkanes) is 2. The molecule has 0 fully saturated rings. The van der Waals surface area contributed by atoms with Crippen LogP contribution in [0.25, 0.3) is 0 Å². The van der Waals surface area contributed by atoms with Crippen molar-refractivity contribution in [2.45, 2.75) is 82.1 Å². The van der Waals surface area contributed by atoms with Crippen molar-refractivity contribution in [2.24, 2.45) is 0 Å². The SMILES string of the molecule is CCCCC(CCCC(CCCC)S(=O)O)S(=O)O. The van der Waals surface area contributed by atoms with E-state index in [4.69, 9.17) is 0 Å². The summed E-state index contributed by atoms with van der Waals surface area (Å²) in [7, 11) is 0. The smallest absolute Gasteiger partial charge is 0.155 e. The van der Waals surface area contributed by atoms with Crippen LogP contribution in [0, 0.1) is 0 Å². The molecule has 0 amide bonds. The molecule has 0 aromatic heterocycles. The number of rotatable bonds is 12. The maximum absolute atomic E-state index is 11.2. The first-order valence-electron chi connectivity index (χ1n) is 7.22. The fourth-order valence-electron chi connectivity index (χ4n) is 2.13. The summed E-state index contributed by atoms with van der Waals surface area (Å²) in [6, 6.07) is 0. The molecule has 0 aliphatic rings. The van der Waals surface area contributed by atoms with Gasteiger partial charge in [0.25, 0.3) is 0 Å². The zero-order valence-corrected chi connectivity index (χ0v) is 13.7. The molecule has 0 rings (SSSR count). The summed E-state index contributed by atoms with van der Waals surface area (Å²) in [5.41, 5.74) is 0. The molecule has 0 bridgehead atoms. The first-order valence-corrected chi connectivity index (χ1v) is 9.56. The molecule has 19 heavy (non-hydrogen) atoms. The Morgan fingerprint density at radius 1 is 0.737 bits per heavy atom. The third-order valence-corrected chi connectivity index (χ3v) is 5.47. The molecule has 0 saturated carbocycles. The van der Waals surface area contributed by atoms with Crippen LogP contribution in [-0.4, -0.2) is 28.0 Å². The molecular formula is C13H28O4S2. The van der Waals surface area contributed by atoms with Gasteiger partial charge in [-0.3, -0.25) is 0 Å². The summed E-state index contributed by atoms with van der Waals surface area (Å²) in [5, 5.41) is -0.363. The van der Waals surface area contributed by atoms with E-state index in [9.17, 15) is 17.5 Å². The maximum atomic E-state index is 11.2. The highest BCUT2D eigenvalue weighted by atomic mass is 32.2. The molecule has 4 unspecified atom stereocenters. The standard InChI is InChI=1S/C13H28O4S2/c1-3-5-8-12(18(14)15)10-7-11-13(19(16)17)9-6-4-2/h12-13H,3-11H2,1-2H3,(H,14,15)(H,16,17). The lowest BCUT2D eigenvalue weighted by Gasteiger charge is -2.15. The molecule has 0 saturated heterocycles. The van der Waals surface area contributed by atoms with Gasteiger partial charge in [0.1, 0.15) is 0 Å². The molecule has 0 radical (unpaired) electrons. The van der Waals surface area contributed by atoms with E-state index in [-0.39, 0.29) is 10.5 Å². The lowest BCUT2D eigenvalue weighted by Crippen LogP contribution is -2.18. The monoisotopic (exact) mass is 312 g/mol. The molecule has 0 aliphatic carbocycles. The summed E-state index contributed by atoms with van der Waals surface area (Å²) < 4.78 is 40.8. The summed E-state index contributed by atoms with van der Waals surface area (Å²) in [6.45, 7) is 4.13. The zero-order valence-electron chi connectivity index (χ0n) is 12.0. The molecule has 0 aliphatic heterocycles. The Morgan fingerprint density at radius 2 is 1.05 bits per heavy atom. The molecule has 0 aromatic rings. The summed E-state index contributed by atoms with van der Waals surface area (Å²) >= 11 is -3.55. The van der Waals surface area contributed by atoms with E-state index in [1.807, 2.05) is 0 Å². The Balaban J connectivity index is 4.05. The zero-order chi connectivity index (χ0) is 14.7. The molecule has 4 atom stereocenters. The van der Waals surface area contributed by atoms with E-state index >= 15 is 0 Å². The van der Waals surface area contributed by atoms with Crippen LogP contribution in [0.15, 0.2) is 0 Å². The van der Waals surface area contributed by atoms with Gasteiger partial charge in [0, 0.05) is 0 Å². The highest BCUT2D eigenvalue weighted by Gasteiger charge is 2.18. The molecule has 0 heterocycles. The van der Waals surface area contributed by atoms with Gasteiger partial charge in [-0.25, -0.2) is 8.42 Å². The van der Waals surface area contributed by atoms with E-state index < -0.39 is 22.2 Å². The first kappa shape index (κ1) is 19.2. The van der Waals surface area contributed by atoms with Crippen LogP contribution in [0.2, 0.25) is 0 Å². The minimum atomic E-state index is -1.77. The predicted molar refractivity (Wildman–Crippen MR) is 82.0 cm³/mol. The Kier molecular flexibility index (Phi) is 12.1. The minimum absolute atomic E-state index is 0.182. The van der Waals surface area contributed by atoms with Crippen LogP contribution in [0.3, 0.4) is 0 Å². The van der Waals surface area contributed by atoms with E-state index in [1.54, 1.807) is 0 Å². The van der Waals surface area contributed by atoms with Gasteiger partial charge >= 0.3 is 0 Å². The van der Waals surface area contributed by atoms with Gasteiger partial charge in [0.2, 0.25) is 0 Å². The van der Waals surface area contributed by atoms with Crippen LogP contribution in [-0.2, 0) is 22.2 Å². The molecular weight excluding hydrogens is 284 g/mol. The van der Waals surface area contributed by atoms with Crippen molar-refractivity contribution in [2.75, 3.05) is 0 Å². The average Bonchev–Trinajstić information content (AvgIpc) is 2.36. The van der Waals surface area contributed by atoms with Gasteiger partial charge < -0.3 is 9.11 Å². The summed E-state index contributed by atoms with van der Waals surface area (Å²) in [6.07, 6.45) is 7.58. The first-order chi connectivity index (χ1) is 9.02. The second-order valence-electron chi connectivity index (χ2n) is 5.01. The molecule has 0 spiro atoms. The van der Waals surface area contributed by atoms with Gasteiger partial charge in [0.05, 0.1) is 10.5 Å². The highest BCUT2D eigenvalue weighted by molar-refractivity contribution is 7.80. The van der Waals surface area contributed by atoms with Gasteiger partial charge in [0.15, 0.2) is 22.2 Å². The average molecular weight is 312 g/mol. The van der Waals surface area contributed by atoms with Crippen LogP contribution < -0.4 is 0 Å². The normalized spacial score (nSPS) is 17.9. The van der Waals surface area contributed by atoms with Crippen molar-refractivity contribution in [3.63, 3.8) is 0 Å². The van der Waals surface area contributed by atoms with Crippen molar-refractivity contribution < 1.29 is 17.5 Å². The topological polar surface area (TPSA) is 74.6 Å². The van der Waals surface area contributed by atoms with Crippen LogP contribution in [0.5, 0.6) is 0 Å². The van der Waals surface area contributed by atoms with E-state index in [0.717, 1.165) is 44.9 Å². The second kappa shape index (κ2) is 12.0. The summed E-state index contributed by atoms with van der Waals surface area (Å²) in [4.78, 5) is 0. The van der Waals surface area contributed by atoms with E-state index in [1.165, 1.54) is 0 Å². The van der Waals surface area contributed by atoms with E-state index in [0.29, 0.717) is 12.8 Å². The minimum Gasteiger partial charge on any atom is -0.306 e. The quantitative estimate of drug-likeness (QED) is 0.539. The molecule has 0 aromatic carbocycles. The Hall–Kier alpha value is 0.220. The third-order valence-electron chi connectivity index (χ3n) is 3.38. The largest absolute Gasteiger partial charge is 0.306 e. The van der Waals surface area contributed by atoms with Crippen molar-refractivity contribution in [1.29, 1.82) is 0 Å². The van der Waals surface area contributed by atoms with Crippen molar-refractivity contribution >= 4 is 22.2 Å². The van der Waals surface area contributed by atoms with Crippen LogP contribution in [0.1, 0.15) is 71.6 Å². The van der Waals surface area contributed by atoms with Crippen LogP contribution in [0.4, 0.5) is 0 Å². The Morgan fingerprint density at radius 3 is 1.32 bits per heavy atom. The lowest BCUT2D eigenvalue weighted by atomic mass is 10.1.